The third-order valence-electron chi connectivity index (χ3n) is 1.28. The van der Waals surface area contributed by atoms with Crippen LogP contribution in [0.15, 0.2) is 12.7 Å². The number of ether oxygens (including phenoxy) is 1. The van der Waals surface area contributed by atoms with E-state index in [-0.39, 0.29) is 12.1 Å². The molecule has 0 spiro atoms. The minimum atomic E-state index is -0.358. The predicted octanol–water partition coefficient (Wildman–Crippen LogP) is 1.18. The van der Waals surface area contributed by atoms with Crippen molar-refractivity contribution in [3.8, 4) is 0 Å². The Morgan fingerprint density at radius 1 is 1.75 bits per heavy atom. The Hall–Kier alpha value is -0.613. The lowest BCUT2D eigenvalue weighted by Gasteiger charge is -2.10. The first-order valence-corrected chi connectivity index (χ1v) is 4.91. The van der Waals surface area contributed by atoms with Crippen molar-refractivity contribution in [2.75, 3.05) is 7.11 Å². The highest BCUT2D eigenvalue weighted by molar-refractivity contribution is 6.26. The zero-order chi connectivity index (χ0) is 9.40. The van der Waals surface area contributed by atoms with E-state index in [1.54, 1.807) is 7.11 Å². The fourth-order valence-electron chi connectivity index (χ4n) is 0.670. The topological polar surface area (TPSA) is 35.5 Å². The second-order valence-electron chi connectivity index (χ2n) is 2.34. The quantitative estimate of drug-likeness (QED) is 0.270. The number of carbonyl (C=O) groups is 1. The minimum absolute atomic E-state index is 0.0434. The number of carbonyl (C=O) groups excluding carboxylic acids is 1. The van der Waals surface area contributed by atoms with Gasteiger partial charge in [0, 0.05) is 13.2 Å². The molecule has 0 aromatic heterocycles. The molecule has 2 radical (unpaired) electrons. The number of rotatable bonds is 6. The lowest BCUT2D eigenvalue weighted by Crippen LogP contribution is -2.13. The van der Waals surface area contributed by atoms with E-state index in [0.717, 1.165) is 12.5 Å². The molecule has 0 aromatic carbocycles. The van der Waals surface area contributed by atoms with Gasteiger partial charge in [0.25, 0.3) is 0 Å². The molecule has 1 unspecified atom stereocenters. The molecule has 0 rings (SSSR count). The highest BCUT2D eigenvalue weighted by Gasteiger charge is 2.05. The highest BCUT2D eigenvalue weighted by Crippen LogP contribution is 2.01. The van der Waals surface area contributed by atoms with Gasteiger partial charge in [0.2, 0.25) is 9.76 Å². The molecule has 0 N–H and O–H groups in total. The molecule has 0 bridgehead atoms. The molecule has 12 heavy (non-hydrogen) atoms. The second kappa shape index (κ2) is 7.06. The smallest absolute Gasteiger partial charge is 0.330 e. The van der Waals surface area contributed by atoms with Crippen LogP contribution in [0.1, 0.15) is 13.3 Å². The summed E-state index contributed by atoms with van der Waals surface area (Å²) in [6, 6.07) is 0.933. The average molecular weight is 186 g/mol. The summed E-state index contributed by atoms with van der Waals surface area (Å²) in [4.78, 5) is 10.7. The molecule has 0 aliphatic heterocycles. The Labute approximate surface area is 75.7 Å². The normalized spacial score (nSPS) is 12.2. The fourth-order valence-corrected chi connectivity index (χ4v) is 1.40. The SMILES string of the molecule is C=CC(=O)OC(C)CC[Si]OC. The van der Waals surface area contributed by atoms with Crippen molar-refractivity contribution in [3.63, 3.8) is 0 Å². The fraction of sp³-hybridized carbons (Fsp3) is 0.625. The number of hydrogen-bond acceptors (Lipinski definition) is 3. The van der Waals surface area contributed by atoms with Crippen LogP contribution in [0.3, 0.4) is 0 Å². The molecular weight excluding hydrogens is 172 g/mol. The van der Waals surface area contributed by atoms with Crippen molar-refractivity contribution in [2.24, 2.45) is 0 Å². The van der Waals surface area contributed by atoms with Crippen molar-refractivity contribution in [3.05, 3.63) is 12.7 Å². The largest absolute Gasteiger partial charge is 0.460 e. The molecule has 0 aliphatic carbocycles. The Morgan fingerprint density at radius 3 is 2.92 bits per heavy atom. The first-order chi connectivity index (χ1) is 5.70. The maximum absolute atomic E-state index is 10.7. The van der Waals surface area contributed by atoms with Gasteiger partial charge >= 0.3 is 5.97 Å². The van der Waals surface area contributed by atoms with Crippen LogP contribution in [-0.2, 0) is 14.0 Å². The molecule has 0 fully saturated rings. The monoisotopic (exact) mass is 186 g/mol. The van der Waals surface area contributed by atoms with Gasteiger partial charge in [-0.05, 0) is 19.4 Å². The molecule has 4 heteroatoms. The number of hydrogen-bond donors (Lipinski definition) is 0. The number of esters is 1. The van der Waals surface area contributed by atoms with E-state index in [1.165, 1.54) is 6.08 Å². The van der Waals surface area contributed by atoms with Crippen LogP contribution in [0.25, 0.3) is 0 Å². The van der Waals surface area contributed by atoms with E-state index in [4.69, 9.17) is 9.16 Å². The summed E-state index contributed by atoms with van der Waals surface area (Å²) in [5.74, 6) is -0.358. The van der Waals surface area contributed by atoms with Gasteiger partial charge in [-0.25, -0.2) is 4.79 Å². The van der Waals surface area contributed by atoms with Crippen LogP contribution in [-0.4, -0.2) is 28.9 Å². The van der Waals surface area contributed by atoms with Crippen molar-refractivity contribution in [1.82, 2.24) is 0 Å². The summed E-state index contributed by atoms with van der Waals surface area (Å²) >= 11 is 0. The lowest BCUT2D eigenvalue weighted by molar-refractivity contribution is -0.142. The van der Waals surface area contributed by atoms with E-state index in [1.807, 2.05) is 6.92 Å². The maximum Gasteiger partial charge on any atom is 0.330 e. The second-order valence-corrected chi connectivity index (χ2v) is 3.54. The van der Waals surface area contributed by atoms with Gasteiger partial charge in [0.1, 0.15) is 0 Å². The zero-order valence-corrected chi connectivity index (χ0v) is 8.50. The minimum Gasteiger partial charge on any atom is -0.460 e. The van der Waals surface area contributed by atoms with E-state index in [0.29, 0.717) is 9.76 Å². The van der Waals surface area contributed by atoms with Gasteiger partial charge in [-0.1, -0.05) is 6.58 Å². The third kappa shape index (κ3) is 6.12. The highest BCUT2D eigenvalue weighted by atomic mass is 28.2. The van der Waals surface area contributed by atoms with E-state index < -0.39 is 0 Å². The Morgan fingerprint density at radius 2 is 2.42 bits per heavy atom. The van der Waals surface area contributed by atoms with Gasteiger partial charge in [0.15, 0.2) is 0 Å². The molecular formula is C8H14O3Si. The van der Waals surface area contributed by atoms with Crippen molar-refractivity contribution < 1.29 is 14.0 Å². The van der Waals surface area contributed by atoms with Gasteiger partial charge in [-0.3, -0.25) is 0 Å². The first-order valence-electron chi connectivity index (χ1n) is 3.79. The van der Waals surface area contributed by atoms with Crippen LogP contribution >= 0.6 is 0 Å². The molecule has 3 nitrogen and oxygen atoms in total. The predicted molar refractivity (Wildman–Crippen MR) is 47.9 cm³/mol. The van der Waals surface area contributed by atoms with E-state index in [9.17, 15) is 4.79 Å². The molecule has 0 amide bonds. The standard InChI is InChI=1S/C8H14O3Si/c1-4-8(9)11-7(2)5-6-12-10-3/h4,7H,1,5-6H2,2-3H3. The molecule has 68 valence electrons. The lowest BCUT2D eigenvalue weighted by atomic mass is 10.3. The Balaban J connectivity index is 3.38. The summed E-state index contributed by atoms with van der Waals surface area (Å²) in [6.07, 6.45) is 1.97. The third-order valence-corrected chi connectivity index (χ3v) is 2.06. The first kappa shape index (κ1) is 11.4. The zero-order valence-electron chi connectivity index (χ0n) is 7.50. The van der Waals surface area contributed by atoms with Crippen LogP contribution in [0, 0.1) is 0 Å². The van der Waals surface area contributed by atoms with Crippen molar-refractivity contribution in [1.29, 1.82) is 0 Å². The van der Waals surface area contributed by atoms with E-state index >= 15 is 0 Å². The molecule has 1 atom stereocenters. The van der Waals surface area contributed by atoms with Gasteiger partial charge in [-0.15, -0.1) is 0 Å². The van der Waals surface area contributed by atoms with Crippen molar-refractivity contribution >= 4 is 15.7 Å². The van der Waals surface area contributed by atoms with Crippen molar-refractivity contribution in [2.45, 2.75) is 25.5 Å². The van der Waals surface area contributed by atoms with Crippen LogP contribution in [0.2, 0.25) is 6.04 Å². The summed E-state index contributed by atoms with van der Waals surface area (Å²) in [5.41, 5.74) is 0. The molecule has 0 aliphatic rings. The summed E-state index contributed by atoms with van der Waals surface area (Å²) in [7, 11) is 2.15. The summed E-state index contributed by atoms with van der Waals surface area (Å²) in [6.45, 7) is 5.18. The molecule has 0 saturated carbocycles. The molecule has 0 saturated heterocycles. The Kier molecular flexibility index (Phi) is 6.70. The summed E-state index contributed by atoms with van der Waals surface area (Å²) < 4.78 is 9.83. The van der Waals surface area contributed by atoms with Gasteiger partial charge in [0.05, 0.1) is 6.10 Å². The van der Waals surface area contributed by atoms with Crippen LogP contribution in [0.4, 0.5) is 0 Å². The van der Waals surface area contributed by atoms with Gasteiger partial charge < -0.3 is 9.16 Å². The van der Waals surface area contributed by atoms with E-state index in [2.05, 4.69) is 6.58 Å². The summed E-state index contributed by atoms with van der Waals surface area (Å²) in [5, 5.41) is 0. The van der Waals surface area contributed by atoms with Gasteiger partial charge in [-0.2, -0.15) is 0 Å². The molecule has 0 aromatic rings. The average Bonchev–Trinajstić information content (AvgIpc) is 2.05. The van der Waals surface area contributed by atoms with Crippen LogP contribution < -0.4 is 0 Å². The maximum atomic E-state index is 10.7. The van der Waals surface area contributed by atoms with Crippen LogP contribution in [0.5, 0.6) is 0 Å². The molecule has 0 heterocycles. The Bertz CT molecular complexity index is 147.